The molecule has 1 rings (SSSR count). The number of carboxylic acid groups (broad SMARTS) is 1. The molecule has 0 bridgehead atoms. The number of nitrogens with one attached hydrogen (secondary N) is 1. The fourth-order valence-corrected chi connectivity index (χ4v) is 3.66. The Balaban J connectivity index is 3.30. The molecule has 21 heavy (non-hydrogen) atoms. The second kappa shape index (κ2) is 6.24. The third-order valence-electron chi connectivity index (χ3n) is 3.17. The highest BCUT2D eigenvalue weighted by Gasteiger charge is 2.27. The van der Waals surface area contributed by atoms with Gasteiger partial charge >= 0.3 is 5.97 Å². The van der Waals surface area contributed by atoms with Gasteiger partial charge in [0.1, 0.15) is 0 Å². The summed E-state index contributed by atoms with van der Waals surface area (Å²) in [7, 11) is -3.84. The molecule has 0 aliphatic heterocycles. The zero-order chi connectivity index (χ0) is 16.6. The second-order valence-corrected chi connectivity index (χ2v) is 8.73. The van der Waals surface area contributed by atoms with Crippen LogP contribution in [0.4, 0.5) is 0 Å². The molecular formula is C13H17BrClNO4S. The van der Waals surface area contributed by atoms with Crippen LogP contribution in [0.2, 0.25) is 5.02 Å². The predicted molar refractivity (Wildman–Crippen MR) is 85.3 cm³/mol. The summed E-state index contributed by atoms with van der Waals surface area (Å²) in [5.74, 6) is -1.29. The van der Waals surface area contributed by atoms with Crippen LogP contribution in [-0.4, -0.2) is 25.5 Å². The fourth-order valence-electron chi connectivity index (χ4n) is 1.35. The van der Waals surface area contributed by atoms with Gasteiger partial charge in [-0.25, -0.2) is 17.9 Å². The van der Waals surface area contributed by atoms with Gasteiger partial charge in [0, 0.05) is 10.5 Å². The molecule has 1 aromatic carbocycles. The number of sulfonamides is 1. The van der Waals surface area contributed by atoms with Gasteiger partial charge in [0.25, 0.3) is 0 Å². The van der Waals surface area contributed by atoms with E-state index in [9.17, 15) is 13.2 Å². The number of halogens is 2. The average Bonchev–Trinajstić information content (AvgIpc) is 2.29. The van der Waals surface area contributed by atoms with Crippen molar-refractivity contribution in [3.63, 3.8) is 0 Å². The maximum absolute atomic E-state index is 12.4. The zero-order valence-electron chi connectivity index (χ0n) is 12.1. The van der Waals surface area contributed by atoms with Gasteiger partial charge in [-0.1, -0.05) is 32.4 Å². The van der Waals surface area contributed by atoms with E-state index in [4.69, 9.17) is 16.7 Å². The highest BCUT2D eigenvalue weighted by Crippen LogP contribution is 2.30. The van der Waals surface area contributed by atoms with Gasteiger partial charge in [0.2, 0.25) is 10.0 Å². The van der Waals surface area contributed by atoms with Crippen molar-refractivity contribution in [2.24, 2.45) is 5.41 Å². The lowest BCUT2D eigenvalue weighted by atomic mass is 9.89. The van der Waals surface area contributed by atoms with E-state index in [0.29, 0.717) is 0 Å². The average molecular weight is 399 g/mol. The van der Waals surface area contributed by atoms with E-state index in [2.05, 4.69) is 20.7 Å². The normalized spacial score (nSPS) is 14.0. The molecule has 0 aliphatic carbocycles. The molecule has 2 N–H and O–H groups in total. The van der Waals surface area contributed by atoms with E-state index in [1.807, 2.05) is 20.8 Å². The maximum Gasteiger partial charge on any atom is 0.337 e. The fraction of sp³-hybridized carbons (Fsp3) is 0.462. The van der Waals surface area contributed by atoms with Crippen LogP contribution in [-0.2, 0) is 10.0 Å². The third-order valence-corrected chi connectivity index (χ3v) is 5.95. The van der Waals surface area contributed by atoms with Crippen LogP contribution in [0, 0.1) is 5.41 Å². The molecule has 1 atom stereocenters. The van der Waals surface area contributed by atoms with E-state index >= 15 is 0 Å². The van der Waals surface area contributed by atoms with Crippen LogP contribution in [0.25, 0.3) is 0 Å². The molecule has 0 spiro atoms. The molecule has 0 amide bonds. The molecule has 0 saturated carbocycles. The van der Waals surface area contributed by atoms with Crippen LogP contribution in [0.1, 0.15) is 38.1 Å². The van der Waals surface area contributed by atoms with E-state index in [1.165, 1.54) is 6.07 Å². The summed E-state index contributed by atoms with van der Waals surface area (Å²) in [6.45, 7) is 7.46. The minimum absolute atomic E-state index is 0.0367. The van der Waals surface area contributed by atoms with E-state index in [1.54, 1.807) is 6.92 Å². The summed E-state index contributed by atoms with van der Waals surface area (Å²) in [5.41, 5.74) is -0.540. The SMILES string of the molecule is CC(NS(=O)(=O)c1cc(Br)c(Cl)c(C(=O)O)c1)C(C)(C)C. The predicted octanol–water partition coefficient (Wildman–Crippen LogP) is 3.51. The Morgan fingerprint density at radius 1 is 1.38 bits per heavy atom. The van der Waals surface area contributed by atoms with E-state index < -0.39 is 16.0 Å². The van der Waals surface area contributed by atoms with Crippen molar-refractivity contribution >= 4 is 43.5 Å². The highest BCUT2D eigenvalue weighted by atomic mass is 79.9. The lowest BCUT2D eigenvalue weighted by Gasteiger charge is -2.27. The molecule has 1 aromatic rings. The Labute approximate surface area is 137 Å². The Bertz CT molecular complexity index is 667. The summed E-state index contributed by atoms with van der Waals surface area (Å²) in [6.07, 6.45) is 0. The molecule has 8 heteroatoms. The monoisotopic (exact) mass is 397 g/mol. The van der Waals surface area contributed by atoms with Crippen LogP contribution in [0.15, 0.2) is 21.5 Å². The van der Waals surface area contributed by atoms with Crippen LogP contribution >= 0.6 is 27.5 Å². The van der Waals surface area contributed by atoms with Gasteiger partial charge < -0.3 is 5.11 Å². The number of rotatable bonds is 4. The smallest absolute Gasteiger partial charge is 0.337 e. The molecule has 0 aliphatic rings. The van der Waals surface area contributed by atoms with Crippen LogP contribution < -0.4 is 4.72 Å². The van der Waals surface area contributed by atoms with Gasteiger partial charge in [-0.2, -0.15) is 0 Å². The van der Waals surface area contributed by atoms with Gasteiger partial charge in [-0.05, 0) is 40.4 Å². The van der Waals surface area contributed by atoms with Gasteiger partial charge in [-0.3, -0.25) is 0 Å². The van der Waals surface area contributed by atoms with Crippen LogP contribution in [0.5, 0.6) is 0 Å². The summed E-state index contributed by atoms with van der Waals surface area (Å²) < 4.78 is 27.5. The standard InChI is InChI=1S/C13H17BrClNO4S/c1-7(13(2,3)4)16-21(19,20)8-5-9(12(17)18)11(15)10(14)6-8/h5-7,16H,1-4H3,(H,17,18). The van der Waals surface area contributed by atoms with Gasteiger partial charge in [0.15, 0.2) is 0 Å². The number of hydrogen-bond donors (Lipinski definition) is 2. The van der Waals surface area contributed by atoms with Gasteiger partial charge in [-0.15, -0.1) is 0 Å². The second-order valence-electron chi connectivity index (χ2n) is 5.78. The molecule has 5 nitrogen and oxygen atoms in total. The van der Waals surface area contributed by atoms with E-state index in [0.717, 1.165) is 6.07 Å². The van der Waals surface area contributed by atoms with Crippen molar-refractivity contribution in [3.8, 4) is 0 Å². The third kappa shape index (κ3) is 4.42. The number of aromatic carboxylic acids is 1. The summed E-state index contributed by atoms with van der Waals surface area (Å²) in [5, 5.41) is 9.03. The quantitative estimate of drug-likeness (QED) is 0.813. The first-order chi connectivity index (χ1) is 9.36. The number of carboxylic acids is 1. The summed E-state index contributed by atoms with van der Waals surface area (Å²) in [4.78, 5) is 11.0. The first-order valence-electron chi connectivity index (χ1n) is 6.11. The highest BCUT2D eigenvalue weighted by molar-refractivity contribution is 9.10. The Morgan fingerprint density at radius 3 is 2.33 bits per heavy atom. The topological polar surface area (TPSA) is 83.5 Å². The van der Waals surface area contributed by atoms with Crippen molar-refractivity contribution in [2.45, 2.75) is 38.6 Å². The van der Waals surface area contributed by atoms with Gasteiger partial charge in [0.05, 0.1) is 15.5 Å². The first-order valence-corrected chi connectivity index (χ1v) is 8.76. The molecule has 118 valence electrons. The van der Waals surface area contributed by atoms with Crippen molar-refractivity contribution in [1.29, 1.82) is 0 Å². The largest absolute Gasteiger partial charge is 0.478 e. The number of benzene rings is 1. The maximum atomic E-state index is 12.4. The minimum atomic E-state index is -3.84. The summed E-state index contributed by atoms with van der Waals surface area (Å²) in [6, 6.07) is 2.00. The Morgan fingerprint density at radius 2 is 1.90 bits per heavy atom. The lowest BCUT2D eigenvalue weighted by molar-refractivity contribution is 0.0696. The number of carbonyl (C=O) groups is 1. The molecule has 0 saturated heterocycles. The van der Waals surface area contributed by atoms with E-state index in [-0.39, 0.29) is 31.4 Å². The molecular weight excluding hydrogens is 382 g/mol. The summed E-state index contributed by atoms with van der Waals surface area (Å²) >= 11 is 8.92. The van der Waals surface area contributed by atoms with Crippen molar-refractivity contribution < 1.29 is 18.3 Å². The van der Waals surface area contributed by atoms with Crippen molar-refractivity contribution in [3.05, 3.63) is 27.2 Å². The number of hydrogen-bond acceptors (Lipinski definition) is 3. The minimum Gasteiger partial charge on any atom is -0.478 e. The molecule has 0 aromatic heterocycles. The van der Waals surface area contributed by atoms with Crippen molar-refractivity contribution in [1.82, 2.24) is 4.72 Å². The molecule has 0 fully saturated rings. The van der Waals surface area contributed by atoms with Crippen molar-refractivity contribution in [2.75, 3.05) is 0 Å². The van der Waals surface area contributed by atoms with Crippen LogP contribution in [0.3, 0.4) is 0 Å². The first kappa shape index (κ1) is 18.4. The molecule has 0 heterocycles. The lowest BCUT2D eigenvalue weighted by Crippen LogP contribution is -2.41. The Hall–Kier alpha value is -0.630. The molecule has 1 unspecified atom stereocenters. The Kier molecular flexibility index (Phi) is 5.47. The zero-order valence-corrected chi connectivity index (χ0v) is 15.2. The molecule has 0 radical (unpaired) electrons.